The normalized spacial score (nSPS) is 16.7. The first-order valence-electron chi connectivity index (χ1n) is 9.05. The van der Waals surface area contributed by atoms with Crippen LogP contribution in [0.2, 0.25) is 5.02 Å². The maximum absolute atomic E-state index is 13.1. The summed E-state index contributed by atoms with van der Waals surface area (Å²) in [7, 11) is 0. The molecule has 2 heterocycles. The summed E-state index contributed by atoms with van der Waals surface area (Å²) >= 11 is 7.21. The molecule has 1 aromatic heterocycles. The summed E-state index contributed by atoms with van der Waals surface area (Å²) in [5, 5.41) is 20.1. The number of aliphatic hydroxyl groups is 1. The third kappa shape index (κ3) is 3.77. The minimum absolute atomic E-state index is 0.0117. The Kier molecular flexibility index (Phi) is 5.48. The number of ketones is 1. The van der Waals surface area contributed by atoms with Crippen molar-refractivity contribution in [1.82, 2.24) is 10.2 Å². The van der Waals surface area contributed by atoms with Gasteiger partial charge in [-0.25, -0.2) is 0 Å². The van der Waals surface area contributed by atoms with Gasteiger partial charge in [0.2, 0.25) is 5.13 Å². The molecule has 1 aliphatic heterocycles. The first-order valence-corrected chi connectivity index (χ1v) is 10.2. The Bertz CT molecular complexity index is 1170. The van der Waals surface area contributed by atoms with Crippen LogP contribution < -0.4 is 4.90 Å². The lowest BCUT2D eigenvalue weighted by Gasteiger charge is -2.23. The Morgan fingerprint density at radius 2 is 1.83 bits per heavy atom. The topological polar surface area (TPSA) is 83.4 Å². The first kappa shape index (κ1) is 20.0. The van der Waals surface area contributed by atoms with Crippen molar-refractivity contribution in [2.24, 2.45) is 0 Å². The van der Waals surface area contributed by atoms with Gasteiger partial charge in [0.15, 0.2) is 11.5 Å². The summed E-state index contributed by atoms with van der Waals surface area (Å²) in [6.45, 7) is 1.76. The van der Waals surface area contributed by atoms with Crippen LogP contribution in [0, 0.1) is 6.92 Å². The van der Waals surface area contributed by atoms with Gasteiger partial charge in [0.05, 0.1) is 11.6 Å². The van der Waals surface area contributed by atoms with Gasteiger partial charge in [-0.05, 0) is 36.3 Å². The number of carbonyl (C=O) groups excluding carboxylic acids is 2. The highest BCUT2D eigenvalue weighted by Crippen LogP contribution is 2.42. The van der Waals surface area contributed by atoms with Crippen LogP contribution in [0.25, 0.3) is 6.08 Å². The van der Waals surface area contributed by atoms with Crippen LogP contribution in [-0.4, -0.2) is 27.0 Å². The van der Waals surface area contributed by atoms with E-state index in [-0.39, 0.29) is 5.57 Å². The molecule has 0 aliphatic carbocycles. The van der Waals surface area contributed by atoms with Gasteiger partial charge in [0.25, 0.3) is 5.91 Å². The van der Waals surface area contributed by atoms with Crippen LogP contribution in [0.15, 0.2) is 72.0 Å². The van der Waals surface area contributed by atoms with Gasteiger partial charge >= 0.3 is 0 Å². The SMILES string of the molecule is Cc1nnc(N2C(=O)C(O)=C(C(=O)/C=C/c3ccccc3)[C@H]2c2ccc(Cl)cc2)s1. The number of aryl methyl sites for hydroxylation is 1. The van der Waals surface area contributed by atoms with E-state index in [0.717, 1.165) is 5.56 Å². The largest absolute Gasteiger partial charge is 0.503 e. The van der Waals surface area contributed by atoms with Crippen LogP contribution in [0.5, 0.6) is 0 Å². The second-order valence-corrected chi connectivity index (χ2v) is 8.20. The Balaban J connectivity index is 1.78. The fraction of sp³-hybridized carbons (Fsp3) is 0.0909. The molecule has 0 bridgehead atoms. The monoisotopic (exact) mass is 437 g/mol. The van der Waals surface area contributed by atoms with E-state index >= 15 is 0 Å². The second kappa shape index (κ2) is 8.22. The standard InChI is InChI=1S/C22H16ClN3O3S/c1-13-24-25-22(30-13)26-19(15-8-10-16(23)11-9-15)18(20(28)21(26)29)17(27)12-7-14-5-3-2-4-6-14/h2-12,19,28H,1H3/b12-7+/t19-/m1/s1. The summed E-state index contributed by atoms with van der Waals surface area (Å²) in [6.07, 6.45) is 3.00. The average Bonchev–Trinajstić information content (AvgIpc) is 3.28. The molecule has 3 aromatic rings. The van der Waals surface area contributed by atoms with Gasteiger partial charge in [-0.15, -0.1) is 10.2 Å². The van der Waals surface area contributed by atoms with Crippen LogP contribution in [-0.2, 0) is 9.59 Å². The van der Waals surface area contributed by atoms with Gasteiger partial charge in [0, 0.05) is 5.02 Å². The van der Waals surface area contributed by atoms with Crippen molar-refractivity contribution in [2.45, 2.75) is 13.0 Å². The van der Waals surface area contributed by atoms with Crippen molar-refractivity contribution in [3.05, 3.63) is 93.2 Å². The lowest BCUT2D eigenvalue weighted by atomic mass is 9.96. The summed E-state index contributed by atoms with van der Waals surface area (Å²) in [5.41, 5.74) is 1.44. The molecule has 8 heteroatoms. The highest BCUT2D eigenvalue weighted by Gasteiger charge is 2.45. The number of hydrogen-bond acceptors (Lipinski definition) is 6. The number of hydrogen-bond donors (Lipinski definition) is 1. The molecule has 0 unspecified atom stereocenters. The highest BCUT2D eigenvalue weighted by molar-refractivity contribution is 7.15. The second-order valence-electron chi connectivity index (χ2n) is 6.60. The maximum Gasteiger partial charge on any atom is 0.296 e. The molecule has 2 aromatic carbocycles. The zero-order valence-electron chi connectivity index (χ0n) is 15.8. The van der Waals surface area contributed by atoms with Crippen LogP contribution in [0.3, 0.4) is 0 Å². The van der Waals surface area contributed by atoms with E-state index < -0.39 is 23.5 Å². The third-order valence-electron chi connectivity index (χ3n) is 4.61. The Morgan fingerprint density at radius 1 is 1.13 bits per heavy atom. The van der Waals surface area contributed by atoms with Crippen molar-refractivity contribution < 1.29 is 14.7 Å². The minimum Gasteiger partial charge on any atom is -0.503 e. The Hall–Kier alpha value is -3.29. The number of amides is 1. The molecule has 30 heavy (non-hydrogen) atoms. The van der Waals surface area contributed by atoms with Crippen LogP contribution >= 0.6 is 22.9 Å². The number of aromatic nitrogens is 2. The zero-order valence-corrected chi connectivity index (χ0v) is 17.4. The molecular formula is C22H16ClN3O3S. The lowest BCUT2D eigenvalue weighted by molar-refractivity contribution is -0.117. The number of allylic oxidation sites excluding steroid dienone is 1. The van der Waals surface area contributed by atoms with E-state index in [2.05, 4.69) is 10.2 Å². The van der Waals surface area contributed by atoms with Crippen molar-refractivity contribution in [3.63, 3.8) is 0 Å². The van der Waals surface area contributed by atoms with E-state index in [9.17, 15) is 14.7 Å². The average molecular weight is 438 g/mol. The van der Waals surface area contributed by atoms with E-state index in [1.807, 2.05) is 30.3 Å². The molecule has 0 fully saturated rings. The molecule has 6 nitrogen and oxygen atoms in total. The molecule has 0 saturated heterocycles. The molecule has 0 radical (unpaired) electrons. The predicted octanol–water partition coefficient (Wildman–Crippen LogP) is 4.68. The summed E-state index contributed by atoms with van der Waals surface area (Å²) in [5.74, 6) is -1.75. The number of carbonyl (C=O) groups is 2. The van der Waals surface area contributed by atoms with E-state index in [0.29, 0.717) is 20.7 Å². The maximum atomic E-state index is 13.1. The number of rotatable bonds is 5. The van der Waals surface area contributed by atoms with Crippen LogP contribution in [0.4, 0.5) is 5.13 Å². The number of benzene rings is 2. The van der Waals surface area contributed by atoms with Crippen molar-refractivity contribution in [2.75, 3.05) is 4.90 Å². The fourth-order valence-corrected chi connectivity index (χ4v) is 4.06. The van der Waals surface area contributed by atoms with E-state index in [1.54, 1.807) is 37.3 Å². The van der Waals surface area contributed by atoms with Crippen molar-refractivity contribution in [3.8, 4) is 0 Å². The van der Waals surface area contributed by atoms with Gasteiger partial charge in [-0.2, -0.15) is 0 Å². The first-order chi connectivity index (χ1) is 14.5. The summed E-state index contributed by atoms with van der Waals surface area (Å²) in [6, 6.07) is 15.2. The molecule has 0 spiro atoms. The molecule has 150 valence electrons. The van der Waals surface area contributed by atoms with Gasteiger partial charge < -0.3 is 5.11 Å². The summed E-state index contributed by atoms with van der Waals surface area (Å²) < 4.78 is 0. The van der Waals surface area contributed by atoms with Crippen molar-refractivity contribution >= 4 is 45.8 Å². The smallest absolute Gasteiger partial charge is 0.296 e. The van der Waals surface area contributed by atoms with Gasteiger partial charge in [-0.1, -0.05) is 71.5 Å². The number of halogens is 1. The zero-order chi connectivity index (χ0) is 21.3. The van der Waals surface area contributed by atoms with Gasteiger partial charge in [-0.3, -0.25) is 14.5 Å². The minimum atomic E-state index is -0.838. The number of aliphatic hydroxyl groups excluding tert-OH is 1. The quantitative estimate of drug-likeness (QED) is 0.586. The summed E-state index contributed by atoms with van der Waals surface area (Å²) in [4.78, 5) is 27.3. The highest BCUT2D eigenvalue weighted by atomic mass is 35.5. The number of anilines is 1. The molecular weight excluding hydrogens is 422 g/mol. The van der Waals surface area contributed by atoms with Crippen LogP contribution in [0.1, 0.15) is 22.2 Å². The Labute approximate surface area is 181 Å². The van der Waals surface area contributed by atoms with Gasteiger partial charge in [0.1, 0.15) is 5.01 Å². The predicted molar refractivity (Wildman–Crippen MR) is 116 cm³/mol. The van der Waals surface area contributed by atoms with Crippen molar-refractivity contribution in [1.29, 1.82) is 0 Å². The molecule has 4 rings (SSSR count). The number of nitrogens with zero attached hydrogens (tertiary/aromatic N) is 3. The third-order valence-corrected chi connectivity index (χ3v) is 5.70. The fourth-order valence-electron chi connectivity index (χ4n) is 3.22. The molecule has 1 N–H and O–H groups in total. The molecule has 0 saturated carbocycles. The van der Waals surface area contributed by atoms with E-state index in [4.69, 9.17) is 11.6 Å². The molecule has 1 amide bonds. The Morgan fingerprint density at radius 3 is 2.47 bits per heavy atom. The van der Waals surface area contributed by atoms with E-state index in [1.165, 1.54) is 22.3 Å². The lowest BCUT2D eigenvalue weighted by Crippen LogP contribution is -2.30. The molecule has 1 aliphatic rings. The molecule has 1 atom stereocenters.